The van der Waals surface area contributed by atoms with E-state index in [4.69, 9.17) is 9.15 Å². The van der Waals surface area contributed by atoms with Crippen LogP contribution in [0.2, 0.25) is 0 Å². The zero-order valence-corrected chi connectivity index (χ0v) is 18.1. The number of benzene rings is 1. The summed E-state index contributed by atoms with van der Waals surface area (Å²) in [7, 11) is 1.73. The largest absolute Gasteiger partial charge is 0.486 e. The summed E-state index contributed by atoms with van der Waals surface area (Å²) in [5, 5.41) is 4.45. The van der Waals surface area contributed by atoms with Crippen molar-refractivity contribution in [2.75, 3.05) is 7.05 Å². The second kappa shape index (κ2) is 8.65. The number of carbonyl (C=O) groups is 1. The van der Waals surface area contributed by atoms with Gasteiger partial charge in [0.1, 0.15) is 18.1 Å². The van der Waals surface area contributed by atoms with E-state index < -0.39 is 0 Å². The van der Waals surface area contributed by atoms with Gasteiger partial charge in [-0.05, 0) is 72.1 Å². The molecule has 0 fully saturated rings. The Morgan fingerprint density at radius 2 is 1.96 bits per heavy atom. The fraction of sp³-hybridized carbons (Fsp3) is 0.333. The van der Waals surface area contributed by atoms with Crippen LogP contribution in [-0.2, 0) is 19.7 Å². The van der Waals surface area contributed by atoms with Gasteiger partial charge in [-0.2, -0.15) is 5.10 Å². The van der Waals surface area contributed by atoms with Crippen molar-refractivity contribution in [2.45, 2.75) is 40.5 Å². The molecule has 0 unspecified atom stereocenters. The summed E-state index contributed by atoms with van der Waals surface area (Å²) in [5.74, 6) is 1.48. The maximum Gasteiger partial charge on any atom is 0.289 e. The molecule has 1 aromatic carbocycles. The van der Waals surface area contributed by atoms with Gasteiger partial charge >= 0.3 is 0 Å². The van der Waals surface area contributed by atoms with Crippen molar-refractivity contribution in [1.82, 2.24) is 14.7 Å². The standard InChI is InChI=1S/C21H24BrN3O3/c1-5-25-11-18(22)19(23-25)12-24(4)21(26)20-7-6-16(28-20)13-27-17-9-14(2)8-15(3)10-17/h6-11H,5,12-13H2,1-4H3. The molecule has 0 N–H and O–H groups in total. The highest BCUT2D eigenvalue weighted by atomic mass is 79.9. The normalized spacial score (nSPS) is 10.9. The Morgan fingerprint density at radius 1 is 1.25 bits per heavy atom. The molecule has 148 valence electrons. The SMILES string of the molecule is CCn1cc(Br)c(CN(C)C(=O)c2ccc(COc3cc(C)cc(C)c3)o2)n1. The minimum atomic E-state index is -0.199. The predicted octanol–water partition coefficient (Wildman–Crippen LogP) is 4.73. The average molecular weight is 446 g/mol. The van der Waals surface area contributed by atoms with Gasteiger partial charge in [0.05, 0.1) is 16.7 Å². The fourth-order valence-electron chi connectivity index (χ4n) is 2.93. The maximum atomic E-state index is 12.7. The smallest absolute Gasteiger partial charge is 0.289 e. The van der Waals surface area contributed by atoms with Crippen LogP contribution in [0, 0.1) is 13.8 Å². The van der Waals surface area contributed by atoms with Crippen molar-refractivity contribution in [1.29, 1.82) is 0 Å². The molecule has 0 aliphatic carbocycles. The molecular formula is C21H24BrN3O3. The summed E-state index contributed by atoms with van der Waals surface area (Å²) in [5.41, 5.74) is 3.09. The van der Waals surface area contributed by atoms with E-state index in [9.17, 15) is 4.79 Å². The fourth-order valence-corrected chi connectivity index (χ4v) is 3.37. The number of amides is 1. The van der Waals surface area contributed by atoms with Crippen molar-refractivity contribution in [2.24, 2.45) is 0 Å². The van der Waals surface area contributed by atoms with Gasteiger partial charge in [-0.1, -0.05) is 6.07 Å². The molecule has 0 saturated carbocycles. The van der Waals surface area contributed by atoms with E-state index in [1.54, 1.807) is 24.1 Å². The number of rotatable bonds is 7. The second-order valence-electron chi connectivity index (χ2n) is 6.82. The summed E-state index contributed by atoms with van der Waals surface area (Å²) >= 11 is 3.49. The number of hydrogen-bond donors (Lipinski definition) is 0. The second-order valence-corrected chi connectivity index (χ2v) is 7.67. The summed E-state index contributed by atoms with van der Waals surface area (Å²) in [6.45, 7) is 7.51. The highest BCUT2D eigenvalue weighted by Gasteiger charge is 2.19. The molecular weight excluding hydrogens is 422 g/mol. The third-order valence-corrected chi connectivity index (χ3v) is 4.96. The Hall–Kier alpha value is -2.54. The Kier molecular flexibility index (Phi) is 6.24. The minimum absolute atomic E-state index is 0.199. The molecule has 2 heterocycles. The Balaban J connectivity index is 1.62. The molecule has 0 aliphatic rings. The molecule has 0 spiro atoms. The first kappa shape index (κ1) is 20.2. The van der Waals surface area contributed by atoms with E-state index in [0.717, 1.165) is 33.6 Å². The van der Waals surface area contributed by atoms with E-state index in [2.05, 4.69) is 27.1 Å². The van der Waals surface area contributed by atoms with E-state index in [-0.39, 0.29) is 18.3 Å². The summed E-state index contributed by atoms with van der Waals surface area (Å²) < 4.78 is 14.2. The number of aryl methyl sites for hydroxylation is 3. The van der Waals surface area contributed by atoms with Crippen LogP contribution in [-0.4, -0.2) is 27.6 Å². The first-order valence-electron chi connectivity index (χ1n) is 9.12. The lowest BCUT2D eigenvalue weighted by Crippen LogP contribution is -2.26. The van der Waals surface area contributed by atoms with Gasteiger partial charge in [0.15, 0.2) is 5.76 Å². The van der Waals surface area contributed by atoms with Crippen LogP contribution >= 0.6 is 15.9 Å². The van der Waals surface area contributed by atoms with Gasteiger partial charge in [-0.25, -0.2) is 0 Å². The van der Waals surface area contributed by atoms with Gasteiger partial charge in [-0.15, -0.1) is 0 Å². The molecule has 0 bridgehead atoms. The maximum absolute atomic E-state index is 12.7. The summed E-state index contributed by atoms with van der Waals surface area (Å²) in [6.07, 6.45) is 1.91. The summed E-state index contributed by atoms with van der Waals surface area (Å²) in [4.78, 5) is 14.2. The third kappa shape index (κ3) is 4.84. The quantitative estimate of drug-likeness (QED) is 0.527. The topological polar surface area (TPSA) is 60.5 Å². The number of hydrogen-bond acceptors (Lipinski definition) is 4. The van der Waals surface area contributed by atoms with Crippen LogP contribution < -0.4 is 4.74 Å². The first-order valence-corrected chi connectivity index (χ1v) is 9.92. The zero-order chi connectivity index (χ0) is 20.3. The lowest BCUT2D eigenvalue weighted by atomic mass is 10.1. The number of furan rings is 1. The van der Waals surface area contributed by atoms with Crippen LogP contribution in [0.5, 0.6) is 5.75 Å². The van der Waals surface area contributed by atoms with Crippen LogP contribution in [0.1, 0.15) is 40.1 Å². The molecule has 0 radical (unpaired) electrons. The van der Waals surface area contributed by atoms with E-state index in [1.165, 1.54) is 0 Å². The molecule has 3 aromatic rings. The Bertz CT molecular complexity index is 957. The van der Waals surface area contributed by atoms with Gasteiger partial charge in [0.2, 0.25) is 0 Å². The zero-order valence-electron chi connectivity index (χ0n) is 16.5. The average Bonchev–Trinajstić information content (AvgIpc) is 3.25. The van der Waals surface area contributed by atoms with Crippen LogP contribution in [0.3, 0.4) is 0 Å². The summed E-state index contributed by atoms with van der Waals surface area (Å²) in [6, 6.07) is 9.49. The van der Waals surface area contributed by atoms with Crippen molar-refractivity contribution < 1.29 is 13.9 Å². The Labute approximate surface area is 173 Å². The molecule has 0 saturated heterocycles. The van der Waals surface area contributed by atoms with E-state index >= 15 is 0 Å². The number of aromatic nitrogens is 2. The van der Waals surface area contributed by atoms with Crippen molar-refractivity contribution in [3.8, 4) is 5.75 Å². The predicted molar refractivity (Wildman–Crippen MR) is 110 cm³/mol. The first-order chi connectivity index (χ1) is 13.4. The molecule has 0 atom stereocenters. The van der Waals surface area contributed by atoms with Crippen LogP contribution in [0.15, 0.2) is 45.4 Å². The van der Waals surface area contributed by atoms with Crippen LogP contribution in [0.4, 0.5) is 0 Å². The lowest BCUT2D eigenvalue weighted by Gasteiger charge is -2.14. The number of ether oxygens (including phenoxy) is 1. The van der Waals surface area contributed by atoms with Crippen molar-refractivity contribution in [3.05, 3.63) is 69.3 Å². The van der Waals surface area contributed by atoms with E-state index in [0.29, 0.717) is 12.3 Å². The number of halogens is 1. The molecule has 7 heteroatoms. The molecule has 3 rings (SSSR count). The van der Waals surface area contributed by atoms with Crippen LogP contribution in [0.25, 0.3) is 0 Å². The molecule has 0 aliphatic heterocycles. The number of carbonyl (C=O) groups excluding carboxylic acids is 1. The monoisotopic (exact) mass is 445 g/mol. The molecule has 6 nitrogen and oxygen atoms in total. The molecule has 1 amide bonds. The van der Waals surface area contributed by atoms with Crippen molar-refractivity contribution in [3.63, 3.8) is 0 Å². The molecule has 2 aromatic heterocycles. The minimum Gasteiger partial charge on any atom is -0.486 e. The van der Waals surface area contributed by atoms with Crippen molar-refractivity contribution >= 4 is 21.8 Å². The van der Waals surface area contributed by atoms with Gasteiger partial charge < -0.3 is 14.1 Å². The van der Waals surface area contributed by atoms with Gasteiger partial charge in [0.25, 0.3) is 5.91 Å². The van der Waals surface area contributed by atoms with E-state index in [1.807, 2.05) is 43.8 Å². The van der Waals surface area contributed by atoms with Gasteiger partial charge in [0, 0.05) is 19.8 Å². The highest BCUT2D eigenvalue weighted by Crippen LogP contribution is 2.20. The van der Waals surface area contributed by atoms with Gasteiger partial charge in [-0.3, -0.25) is 9.48 Å². The molecule has 28 heavy (non-hydrogen) atoms. The number of nitrogens with zero attached hydrogens (tertiary/aromatic N) is 3. The third-order valence-electron chi connectivity index (χ3n) is 4.29. The Morgan fingerprint density at radius 3 is 2.61 bits per heavy atom. The highest BCUT2D eigenvalue weighted by molar-refractivity contribution is 9.10. The lowest BCUT2D eigenvalue weighted by molar-refractivity contribution is 0.0747.